The fraction of sp³-hybridized carbons (Fsp3) is 0.429. The molecule has 1 aliphatic carbocycles. The lowest BCUT2D eigenvalue weighted by Crippen LogP contribution is -2.34. The van der Waals surface area contributed by atoms with Crippen molar-refractivity contribution in [1.82, 2.24) is 4.90 Å². The summed E-state index contributed by atoms with van der Waals surface area (Å²) in [6.07, 6.45) is 0.363. The van der Waals surface area contributed by atoms with E-state index in [1.807, 2.05) is 30.3 Å². The Balaban J connectivity index is 1.56. The second kappa shape index (κ2) is 4.57. The predicted octanol–water partition coefficient (Wildman–Crippen LogP) is 1.73. The number of rotatable bonds is 3. The first kappa shape index (κ1) is 12.0. The molecular weight excluding hydrogens is 246 g/mol. The molecule has 3 rings (SSSR count). The van der Waals surface area contributed by atoms with Crippen LogP contribution in [-0.4, -0.2) is 34.7 Å². The lowest BCUT2D eigenvalue weighted by Gasteiger charge is -2.18. The summed E-state index contributed by atoms with van der Waals surface area (Å²) < 4.78 is 5.23. The number of fused-ring (bicyclic) bond motifs is 1. The normalized spacial score (nSPS) is 27.8. The molecule has 1 aromatic carbocycles. The third-order valence-electron chi connectivity index (χ3n) is 3.92. The molecule has 0 radical (unpaired) electrons. The van der Waals surface area contributed by atoms with E-state index < -0.39 is 18.0 Å². The Morgan fingerprint density at radius 1 is 1.32 bits per heavy atom. The molecule has 0 unspecified atom stereocenters. The lowest BCUT2D eigenvalue weighted by atomic mass is 10.2. The third-order valence-corrected chi connectivity index (χ3v) is 3.92. The fourth-order valence-electron chi connectivity index (χ4n) is 2.91. The molecule has 100 valence electrons. The van der Waals surface area contributed by atoms with Crippen molar-refractivity contribution >= 4 is 12.1 Å². The first-order valence-electron chi connectivity index (χ1n) is 6.38. The lowest BCUT2D eigenvalue weighted by molar-refractivity contribution is -0.139. The Labute approximate surface area is 110 Å². The summed E-state index contributed by atoms with van der Waals surface area (Å²) in [7, 11) is 0. The van der Waals surface area contributed by atoms with Crippen molar-refractivity contribution in [2.45, 2.75) is 19.1 Å². The zero-order valence-electron chi connectivity index (χ0n) is 10.4. The van der Waals surface area contributed by atoms with E-state index in [0.717, 1.165) is 12.0 Å². The van der Waals surface area contributed by atoms with Crippen molar-refractivity contribution in [3.05, 3.63) is 35.9 Å². The van der Waals surface area contributed by atoms with Crippen LogP contribution < -0.4 is 0 Å². The summed E-state index contributed by atoms with van der Waals surface area (Å²) in [5.41, 5.74) is 0.928. The van der Waals surface area contributed by atoms with Crippen molar-refractivity contribution in [3.8, 4) is 0 Å². The Morgan fingerprint density at radius 2 is 2.05 bits per heavy atom. The second-order valence-corrected chi connectivity index (χ2v) is 5.04. The molecular formula is C14H15NO4. The van der Waals surface area contributed by atoms with Gasteiger partial charge in [-0.1, -0.05) is 30.3 Å². The van der Waals surface area contributed by atoms with Gasteiger partial charge >= 0.3 is 12.1 Å². The number of piperidine rings is 1. The molecule has 1 N–H and O–H groups in total. The van der Waals surface area contributed by atoms with Gasteiger partial charge in [-0.3, -0.25) is 4.79 Å². The van der Waals surface area contributed by atoms with Crippen LogP contribution >= 0.6 is 0 Å². The zero-order valence-corrected chi connectivity index (χ0v) is 10.4. The van der Waals surface area contributed by atoms with Gasteiger partial charge in [0, 0.05) is 6.54 Å². The molecule has 2 aliphatic rings. The van der Waals surface area contributed by atoms with E-state index in [0.29, 0.717) is 6.54 Å². The molecule has 0 spiro atoms. The molecule has 1 amide bonds. The largest absolute Gasteiger partial charge is 0.481 e. The van der Waals surface area contributed by atoms with Crippen LogP contribution in [0.1, 0.15) is 12.0 Å². The maximum atomic E-state index is 11.9. The van der Waals surface area contributed by atoms with Gasteiger partial charge < -0.3 is 14.7 Å². The van der Waals surface area contributed by atoms with Gasteiger partial charge in [-0.25, -0.2) is 4.79 Å². The number of hydrogen-bond acceptors (Lipinski definition) is 3. The molecule has 3 atom stereocenters. The van der Waals surface area contributed by atoms with Crippen LogP contribution in [0.15, 0.2) is 30.3 Å². The maximum Gasteiger partial charge on any atom is 0.410 e. The van der Waals surface area contributed by atoms with Crippen LogP contribution in [0.4, 0.5) is 4.79 Å². The smallest absolute Gasteiger partial charge is 0.410 e. The van der Waals surface area contributed by atoms with Crippen molar-refractivity contribution in [2.24, 2.45) is 11.8 Å². The number of amides is 1. The van der Waals surface area contributed by atoms with Gasteiger partial charge in [0.15, 0.2) is 0 Å². The molecule has 1 saturated carbocycles. The number of carbonyl (C=O) groups is 2. The van der Waals surface area contributed by atoms with Gasteiger partial charge in [-0.05, 0) is 17.9 Å². The highest BCUT2D eigenvalue weighted by atomic mass is 16.6. The Bertz CT molecular complexity index is 501. The minimum absolute atomic E-state index is 0.127. The van der Waals surface area contributed by atoms with Crippen LogP contribution in [0.3, 0.4) is 0 Å². The number of nitrogens with zero attached hydrogens (tertiary/aromatic N) is 1. The maximum absolute atomic E-state index is 11.9. The minimum atomic E-state index is -0.810. The van der Waals surface area contributed by atoms with Crippen LogP contribution in [0.25, 0.3) is 0 Å². The number of carbonyl (C=O) groups excluding carboxylic acids is 1. The number of hydrogen-bond donors (Lipinski definition) is 1. The van der Waals surface area contributed by atoms with Crippen LogP contribution in [0.5, 0.6) is 0 Å². The molecule has 2 fully saturated rings. The average Bonchev–Trinajstić information content (AvgIpc) is 2.99. The molecule has 0 bridgehead atoms. The summed E-state index contributed by atoms with van der Waals surface area (Å²) in [4.78, 5) is 24.4. The fourth-order valence-corrected chi connectivity index (χ4v) is 2.91. The molecule has 1 saturated heterocycles. The Hall–Kier alpha value is -2.04. The number of carboxylic acids is 1. The highest BCUT2D eigenvalue weighted by molar-refractivity contribution is 5.79. The van der Waals surface area contributed by atoms with Gasteiger partial charge in [-0.15, -0.1) is 0 Å². The number of benzene rings is 1. The van der Waals surface area contributed by atoms with Crippen molar-refractivity contribution in [3.63, 3.8) is 0 Å². The molecule has 1 aromatic rings. The first-order chi connectivity index (χ1) is 9.18. The SMILES string of the molecule is O=C(O)[C@@H]1[C@H]2CCN(C(=O)OCc3ccccc3)[C@H]21. The van der Waals surface area contributed by atoms with Crippen LogP contribution in [-0.2, 0) is 16.1 Å². The second-order valence-electron chi connectivity index (χ2n) is 5.04. The van der Waals surface area contributed by atoms with Gasteiger partial charge in [0.1, 0.15) is 6.61 Å². The summed E-state index contributed by atoms with van der Waals surface area (Å²) >= 11 is 0. The predicted molar refractivity (Wildman–Crippen MR) is 66.4 cm³/mol. The number of carboxylic acid groups (broad SMARTS) is 1. The Kier molecular flexibility index (Phi) is 2.89. The van der Waals surface area contributed by atoms with E-state index in [2.05, 4.69) is 0 Å². The standard InChI is InChI=1S/C14H15NO4/c16-13(17)11-10-6-7-15(12(10)11)14(18)19-8-9-4-2-1-3-5-9/h1-5,10-12H,6-8H2,(H,16,17)/t10-,11-,12-/m1/s1. The number of likely N-dealkylation sites (tertiary alicyclic amines) is 1. The summed E-state index contributed by atoms with van der Waals surface area (Å²) in [6.45, 7) is 0.831. The molecule has 19 heavy (non-hydrogen) atoms. The quantitative estimate of drug-likeness (QED) is 0.899. The van der Waals surface area contributed by atoms with Crippen molar-refractivity contribution in [2.75, 3.05) is 6.54 Å². The molecule has 1 heterocycles. The minimum Gasteiger partial charge on any atom is -0.481 e. The summed E-state index contributed by atoms with van der Waals surface area (Å²) in [5.74, 6) is -1.07. The van der Waals surface area contributed by atoms with Gasteiger partial charge in [0.25, 0.3) is 0 Å². The Morgan fingerprint density at radius 3 is 2.68 bits per heavy atom. The summed E-state index contributed by atoms with van der Waals surface area (Å²) in [5, 5.41) is 8.99. The van der Waals surface area contributed by atoms with E-state index in [-0.39, 0.29) is 18.6 Å². The van der Waals surface area contributed by atoms with Gasteiger partial charge in [0.05, 0.1) is 12.0 Å². The van der Waals surface area contributed by atoms with Gasteiger partial charge in [-0.2, -0.15) is 0 Å². The highest BCUT2D eigenvalue weighted by Crippen LogP contribution is 2.50. The van der Waals surface area contributed by atoms with E-state index in [1.165, 1.54) is 0 Å². The third kappa shape index (κ3) is 2.16. The van der Waals surface area contributed by atoms with Crippen LogP contribution in [0, 0.1) is 11.8 Å². The van der Waals surface area contributed by atoms with Crippen molar-refractivity contribution < 1.29 is 19.4 Å². The van der Waals surface area contributed by atoms with Gasteiger partial charge in [0.2, 0.25) is 0 Å². The zero-order chi connectivity index (χ0) is 13.4. The highest BCUT2D eigenvalue weighted by Gasteiger charge is 2.63. The molecule has 0 aromatic heterocycles. The van der Waals surface area contributed by atoms with E-state index in [9.17, 15) is 9.59 Å². The summed E-state index contributed by atoms with van der Waals surface area (Å²) in [6, 6.07) is 9.29. The molecule has 5 nitrogen and oxygen atoms in total. The average molecular weight is 261 g/mol. The van der Waals surface area contributed by atoms with Crippen molar-refractivity contribution in [1.29, 1.82) is 0 Å². The van der Waals surface area contributed by atoms with E-state index in [1.54, 1.807) is 4.90 Å². The monoisotopic (exact) mass is 261 g/mol. The molecule has 5 heteroatoms. The molecule has 1 aliphatic heterocycles. The number of aliphatic carboxylic acids is 1. The van der Waals surface area contributed by atoms with Crippen LogP contribution in [0.2, 0.25) is 0 Å². The van der Waals surface area contributed by atoms with E-state index >= 15 is 0 Å². The topological polar surface area (TPSA) is 66.8 Å². The number of ether oxygens (including phenoxy) is 1. The first-order valence-corrected chi connectivity index (χ1v) is 6.38. The van der Waals surface area contributed by atoms with E-state index in [4.69, 9.17) is 9.84 Å².